The zero-order chi connectivity index (χ0) is 22.0. The van der Waals surface area contributed by atoms with E-state index in [4.69, 9.17) is 15.2 Å². The van der Waals surface area contributed by atoms with Crippen molar-refractivity contribution < 1.29 is 18.7 Å². The quantitative estimate of drug-likeness (QED) is 0.629. The minimum Gasteiger partial charge on any atom is -0.437 e. The number of nitrogen functional groups attached to an aromatic ring is 1. The molecule has 3 aromatic rings. The summed E-state index contributed by atoms with van der Waals surface area (Å²) in [6.45, 7) is 1.91. The molecule has 0 spiro atoms. The van der Waals surface area contributed by atoms with Gasteiger partial charge in [-0.25, -0.2) is 14.2 Å². The van der Waals surface area contributed by atoms with Crippen LogP contribution in [0.5, 0.6) is 17.4 Å². The van der Waals surface area contributed by atoms with Crippen LogP contribution in [0, 0.1) is 5.82 Å². The molecule has 2 unspecified atom stereocenters. The fourth-order valence-corrected chi connectivity index (χ4v) is 4.44. The fourth-order valence-electron chi connectivity index (χ4n) is 3.45. The Balaban J connectivity index is 1.65. The van der Waals surface area contributed by atoms with E-state index < -0.39 is 11.9 Å². The number of anilines is 1. The molecular weight excluding hydrogens is 421 g/mol. The van der Waals surface area contributed by atoms with Crippen LogP contribution < -0.4 is 15.2 Å². The fraction of sp³-hybridized carbons (Fsp3) is 0.238. The Labute approximate surface area is 182 Å². The summed E-state index contributed by atoms with van der Waals surface area (Å²) < 4.78 is 25.8. The third-order valence-electron chi connectivity index (χ3n) is 5.01. The molecule has 0 saturated carbocycles. The van der Waals surface area contributed by atoms with Gasteiger partial charge in [0.15, 0.2) is 11.6 Å². The minimum absolute atomic E-state index is 0.00651. The van der Waals surface area contributed by atoms with Crippen molar-refractivity contribution in [1.82, 2.24) is 20.1 Å². The lowest BCUT2D eigenvalue weighted by Crippen LogP contribution is -2.40. The summed E-state index contributed by atoms with van der Waals surface area (Å²) in [5.41, 5.74) is 6.70. The average molecular weight is 441 g/mol. The Kier molecular flexibility index (Phi) is 5.90. The summed E-state index contributed by atoms with van der Waals surface area (Å²) in [7, 11) is 0. The van der Waals surface area contributed by atoms with Gasteiger partial charge in [-0.2, -0.15) is 16.9 Å². The number of halogens is 1. The number of pyridine rings is 1. The third kappa shape index (κ3) is 4.24. The van der Waals surface area contributed by atoms with E-state index in [0.29, 0.717) is 17.4 Å². The molecule has 0 aliphatic carbocycles. The standard InChI is InChI=1S/C21H20FN5O3S/c1-12-19(31-2)15-6-5-14(29-17-4-3-8-25-26-17)10-16(15)30-21(28)27(12)11-13-7-9-24-20(23)18(13)22/h3-10,12,19H,11H2,1-2H3,(H2,23,24). The number of benzene rings is 1. The molecule has 160 valence electrons. The minimum atomic E-state index is -0.635. The molecule has 1 aliphatic heterocycles. The summed E-state index contributed by atoms with van der Waals surface area (Å²) in [5.74, 6) is 0.328. The summed E-state index contributed by atoms with van der Waals surface area (Å²) in [6.07, 6.45) is 4.33. The number of carbonyl (C=O) groups excluding carboxylic acids is 1. The van der Waals surface area contributed by atoms with Gasteiger partial charge in [0.05, 0.1) is 11.8 Å². The van der Waals surface area contributed by atoms with Gasteiger partial charge >= 0.3 is 6.09 Å². The number of hydrogen-bond donors (Lipinski definition) is 1. The first-order chi connectivity index (χ1) is 15.0. The van der Waals surface area contributed by atoms with E-state index in [1.807, 2.05) is 19.2 Å². The molecule has 2 atom stereocenters. The van der Waals surface area contributed by atoms with Crippen molar-refractivity contribution in [1.29, 1.82) is 0 Å². The molecule has 0 fully saturated rings. The number of amides is 1. The van der Waals surface area contributed by atoms with Gasteiger partial charge in [0.25, 0.3) is 0 Å². The van der Waals surface area contributed by atoms with Crippen molar-refractivity contribution in [2.24, 2.45) is 0 Å². The highest BCUT2D eigenvalue weighted by molar-refractivity contribution is 7.98. The highest BCUT2D eigenvalue weighted by atomic mass is 32.2. The molecule has 4 rings (SSSR count). The third-order valence-corrected chi connectivity index (χ3v) is 6.17. The highest BCUT2D eigenvalue weighted by Crippen LogP contribution is 2.43. The monoisotopic (exact) mass is 441 g/mol. The van der Waals surface area contributed by atoms with Crippen LogP contribution in [0.2, 0.25) is 0 Å². The summed E-state index contributed by atoms with van der Waals surface area (Å²) in [6, 6.07) is 9.91. The van der Waals surface area contributed by atoms with Crippen LogP contribution in [0.25, 0.3) is 0 Å². The largest absolute Gasteiger partial charge is 0.437 e. The molecule has 1 amide bonds. The topological polar surface area (TPSA) is 103 Å². The summed E-state index contributed by atoms with van der Waals surface area (Å²) >= 11 is 1.58. The van der Waals surface area contributed by atoms with Crippen molar-refractivity contribution >= 4 is 23.7 Å². The molecule has 0 saturated heterocycles. The zero-order valence-corrected chi connectivity index (χ0v) is 17.7. The van der Waals surface area contributed by atoms with E-state index in [1.54, 1.807) is 42.2 Å². The molecule has 0 radical (unpaired) electrons. The maximum atomic E-state index is 14.4. The summed E-state index contributed by atoms with van der Waals surface area (Å²) in [5, 5.41) is 7.57. The van der Waals surface area contributed by atoms with Crippen LogP contribution in [0.1, 0.15) is 23.3 Å². The van der Waals surface area contributed by atoms with Gasteiger partial charge in [-0.05, 0) is 31.4 Å². The van der Waals surface area contributed by atoms with Crippen LogP contribution in [0.3, 0.4) is 0 Å². The van der Waals surface area contributed by atoms with Crippen molar-refractivity contribution in [2.45, 2.75) is 24.8 Å². The second-order valence-corrected chi connectivity index (χ2v) is 7.90. The number of ether oxygens (including phenoxy) is 2. The van der Waals surface area contributed by atoms with Crippen molar-refractivity contribution in [2.75, 3.05) is 12.0 Å². The van der Waals surface area contributed by atoms with E-state index in [9.17, 15) is 9.18 Å². The Morgan fingerprint density at radius 2 is 2.13 bits per heavy atom. The van der Waals surface area contributed by atoms with Gasteiger partial charge in [-0.3, -0.25) is 4.90 Å². The van der Waals surface area contributed by atoms with Crippen molar-refractivity contribution in [3.8, 4) is 17.4 Å². The highest BCUT2D eigenvalue weighted by Gasteiger charge is 2.36. The average Bonchev–Trinajstić information content (AvgIpc) is 2.86. The lowest BCUT2D eigenvalue weighted by molar-refractivity contribution is 0.136. The predicted molar refractivity (Wildman–Crippen MR) is 114 cm³/mol. The number of thioether (sulfide) groups is 1. The Morgan fingerprint density at radius 1 is 1.29 bits per heavy atom. The van der Waals surface area contributed by atoms with Crippen LogP contribution in [0.4, 0.5) is 15.0 Å². The molecule has 1 aliphatic rings. The molecule has 0 bridgehead atoms. The smallest absolute Gasteiger partial charge is 0.415 e. The van der Waals surface area contributed by atoms with E-state index in [0.717, 1.165) is 5.56 Å². The number of fused-ring (bicyclic) bond motifs is 1. The first-order valence-electron chi connectivity index (χ1n) is 9.47. The van der Waals surface area contributed by atoms with E-state index in [-0.39, 0.29) is 29.2 Å². The summed E-state index contributed by atoms with van der Waals surface area (Å²) in [4.78, 5) is 18.2. The molecule has 2 aromatic heterocycles. The lowest BCUT2D eigenvalue weighted by Gasteiger charge is -2.30. The first-order valence-corrected chi connectivity index (χ1v) is 10.8. The van der Waals surface area contributed by atoms with Crippen molar-refractivity contribution in [3.05, 3.63) is 65.7 Å². The van der Waals surface area contributed by atoms with Crippen LogP contribution in [0.15, 0.2) is 48.8 Å². The normalized spacial score (nSPS) is 18.2. The van der Waals surface area contributed by atoms with Gasteiger partial charge in [-0.1, -0.05) is 6.07 Å². The molecule has 8 nitrogen and oxygen atoms in total. The van der Waals surface area contributed by atoms with E-state index in [2.05, 4.69) is 15.2 Å². The number of nitrogens with two attached hydrogens (primary N) is 1. The molecule has 2 N–H and O–H groups in total. The number of hydrogen-bond acceptors (Lipinski definition) is 8. The van der Waals surface area contributed by atoms with Gasteiger partial charge in [0.1, 0.15) is 11.5 Å². The predicted octanol–water partition coefficient (Wildman–Crippen LogP) is 4.19. The number of nitrogens with zero attached hydrogens (tertiary/aromatic N) is 4. The van der Waals surface area contributed by atoms with Crippen LogP contribution in [-0.4, -0.2) is 38.5 Å². The van der Waals surface area contributed by atoms with E-state index in [1.165, 1.54) is 17.2 Å². The number of rotatable bonds is 5. The number of aromatic nitrogens is 3. The van der Waals surface area contributed by atoms with Gasteiger partial charge in [0.2, 0.25) is 5.88 Å². The van der Waals surface area contributed by atoms with Crippen LogP contribution in [-0.2, 0) is 6.54 Å². The number of carbonyl (C=O) groups is 1. The maximum absolute atomic E-state index is 14.4. The van der Waals surface area contributed by atoms with Gasteiger partial charge in [-0.15, -0.1) is 5.10 Å². The van der Waals surface area contributed by atoms with Crippen LogP contribution >= 0.6 is 11.8 Å². The zero-order valence-electron chi connectivity index (χ0n) is 16.9. The Hall–Kier alpha value is -3.40. The molecule has 3 heterocycles. The maximum Gasteiger partial charge on any atom is 0.415 e. The SMILES string of the molecule is CSC1c2ccc(Oc3cccnn3)cc2OC(=O)N(Cc2ccnc(N)c2F)C1C. The van der Waals surface area contributed by atoms with E-state index >= 15 is 0 Å². The Morgan fingerprint density at radius 3 is 2.87 bits per heavy atom. The molecule has 1 aromatic carbocycles. The molecule has 31 heavy (non-hydrogen) atoms. The van der Waals surface area contributed by atoms with Crippen molar-refractivity contribution in [3.63, 3.8) is 0 Å². The second-order valence-electron chi connectivity index (χ2n) is 6.93. The first kappa shape index (κ1) is 20.9. The van der Waals surface area contributed by atoms with Gasteiger partial charge in [0, 0.05) is 41.7 Å². The molecular formula is C21H20FN5O3S. The second kappa shape index (κ2) is 8.76. The molecule has 10 heteroatoms. The Bertz CT molecular complexity index is 1100. The lowest BCUT2D eigenvalue weighted by atomic mass is 10.0. The van der Waals surface area contributed by atoms with Gasteiger partial charge < -0.3 is 15.2 Å².